The van der Waals surface area contributed by atoms with Crippen LogP contribution < -0.4 is 5.32 Å². The SMILES string of the molecule is CC(C)[C@H](NC(=O)CCCC[C@H]1CCSS1)C(=O)O. The van der Waals surface area contributed by atoms with Crippen LogP contribution in [0.1, 0.15) is 46.0 Å². The molecule has 0 unspecified atom stereocenters. The van der Waals surface area contributed by atoms with Crippen molar-refractivity contribution in [3.05, 3.63) is 0 Å². The molecule has 1 heterocycles. The number of hydrogen-bond acceptors (Lipinski definition) is 4. The van der Waals surface area contributed by atoms with E-state index in [2.05, 4.69) is 5.32 Å². The van der Waals surface area contributed by atoms with Crippen molar-refractivity contribution in [1.29, 1.82) is 0 Å². The molecule has 0 aromatic heterocycles. The number of amides is 1. The summed E-state index contributed by atoms with van der Waals surface area (Å²) in [6.07, 6.45) is 4.76. The molecule has 0 aromatic carbocycles. The summed E-state index contributed by atoms with van der Waals surface area (Å²) in [5, 5.41) is 12.3. The maximum Gasteiger partial charge on any atom is 0.326 e. The second-order valence-corrected chi connectivity index (χ2v) is 7.99. The third-order valence-corrected chi connectivity index (χ3v) is 6.16. The molecule has 110 valence electrons. The maximum atomic E-state index is 11.7. The third kappa shape index (κ3) is 6.56. The minimum absolute atomic E-state index is 0.0895. The van der Waals surface area contributed by atoms with Crippen LogP contribution in [0.25, 0.3) is 0 Å². The highest BCUT2D eigenvalue weighted by molar-refractivity contribution is 8.77. The highest BCUT2D eigenvalue weighted by atomic mass is 33.1. The molecule has 1 aliphatic heterocycles. The lowest BCUT2D eigenvalue weighted by Crippen LogP contribution is -2.44. The van der Waals surface area contributed by atoms with Gasteiger partial charge in [-0.05, 0) is 25.2 Å². The molecule has 4 nitrogen and oxygen atoms in total. The van der Waals surface area contributed by atoms with Crippen LogP contribution in [0.15, 0.2) is 0 Å². The molecule has 0 radical (unpaired) electrons. The number of carboxylic acids is 1. The van der Waals surface area contributed by atoms with Gasteiger partial charge < -0.3 is 10.4 Å². The Morgan fingerprint density at radius 2 is 2.11 bits per heavy atom. The summed E-state index contributed by atoms with van der Waals surface area (Å²) in [6, 6.07) is -0.769. The first-order valence-corrected chi connectivity index (χ1v) is 9.19. The Labute approximate surface area is 122 Å². The third-order valence-electron chi connectivity index (χ3n) is 3.16. The number of aliphatic carboxylic acids is 1. The van der Waals surface area contributed by atoms with Gasteiger partial charge >= 0.3 is 5.97 Å². The first kappa shape index (κ1) is 16.7. The predicted molar refractivity (Wildman–Crippen MR) is 81.3 cm³/mol. The van der Waals surface area contributed by atoms with Crippen LogP contribution in [-0.2, 0) is 9.59 Å². The van der Waals surface area contributed by atoms with Crippen molar-refractivity contribution in [2.75, 3.05) is 5.75 Å². The zero-order valence-electron chi connectivity index (χ0n) is 11.6. The molecule has 0 saturated carbocycles. The lowest BCUT2D eigenvalue weighted by atomic mass is 10.0. The largest absolute Gasteiger partial charge is 0.480 e. The molecule has 0 bridgehead atoms. The zero-order chi connectivity index (χ0) is 14.3. The maximum absolute atomic E-state index is 11.7. The fraction of sp³-hybridized carbons (Fsp3) is 0.846. The van der Waals surface area contributed by atoms with E-state index in [-0.39, 0.29) is 11.8 Å². The van der Waals surface area contributed by atoms with Crippen LogP contribution in [0.4, 0.5) is 0 Å². The lowest BCUT2D eigenvalue weighted by Gasteiger charge is -2.17. The normalized spacial score (nSPS) is 20.5. The van der Waals surface area contributed by atoms with Crippen molar-refractivity contribution in [2.24, 2.45) is 5.92 Å². The van der Waals surface area contributed by atoms with E-state index < -0.39 is 12.0 Å². The molecule has 0 aromatic rings. The number of carbonyl (C=O) groups excluding carboxylic acids is 1. The summed E-state index contributed by atoms with van der Waals surface area (Å²) >= 11 is 0. The Balaban J connectivity index is 2.14. The Bertz CT molecular complexity index is 304. The summed E-state index contributed by atoms with van der Waals surface area (Å²) in [5.41, 5.74) is 0. The van der Waals surface area contributed by atoms with Crippen LogP contribution in [0.5, 0.6) is 0 Å². The van der Waals surface area contributed by atoms with Crippen molar-refractivity contribution in [3.8, 4) is 0 Å². The summed E-state index contributed by atoms with van der Waals surface area (Å²) < 4.78 is 0. The van der Waals surface area contributed by atoms with Gasteiger partial charge in [0.05, 0.1) is 0 Å². The summed E-state index contributed by atoms with van der Waals surface area (Å²) in [6.45, 7) is 3.60. The quantitative estimate of drug-likeness (QED) is 0.533. The van der Waals surface area contributed by atoms with Crippen LogP contribution in [0.2, 0.25) is 0 Å². The van der Waals surface area contributed by atoms with Crippen molar-refractivity contribution in [1.82, 2.24) is 5.32 Å². The lowest BCUT2D eigenvalue weighted by molar-refractivity contribution is -0.143. The smallest absolute Gasteiger partial charge is 0.326 e. The summed E-state index contributed by atoms with van der Waals surface area (Å²) in [4.78, 5) is 22.6. The Morgan fingerprint density at radius 1 is 1.37 bits per heavy atom. The highest BCUT2D eigenvalue weighted by Gasteiger charge is 2.23. The van der Waals surface area contributed by atoms with Crippen molar-refractivity contribution >= 4 is 33.5 Å². The first-order valence-electron chi connectivity index (χ1n) is 6.81. The number of hydrogen-bond donors (Lipinski definition) is 2. The molecule has 2 N–H and O–H groups in total. The molecule has 0 spiro atoms. The molecule has 1 fully saturated rings. The van der Waals surface area contributed by atoms with Crippen LogP contribution in [-0.4, -0.2) is 34.0 Å². The van der Waals surface area contributed by atoms with Gasteiger partial charge in [0.2, 0.25) is 5.91 Å². The van der Waals surface area contributed by atoms with E-state index in [1.165, 1.54) is 12.2 Å². The number of carboxylic acid groups (broad SMARTS) is 1. The molecule has 1 aliphatic rings. The van der Waals surface area contributed by atoms with Gasteiger partial charge in [0.1, 0.15) is 6.04 Å². The molecule has 1 rings (SSSR count). The molecule has 0 aliphatic carbocycles. The van der Waals surface area contributed by atoms with Gasteiger partial charge in [-0.25, -0.2) is 4.79 Å². The van der Waals surface area contributed by atoms with Crippen LogP contribution >= 0.6 is 21.6 Å². The Kier molecular flexibility index (Phi) is 7.68. The number of rotatable bonds is 8. The molecule has 1 saturated heterocycles. The van der Waals surface area contributed by atoms with Crippen molar-refractivity contribution < 1.29 is 14.7 Å². The Hall–Kier alpha value is -0.360. The summed E-state index contributed by atoms with van der Waals surface area (Å²) in [7, 11) is 3.89. The number of unbranched alkanes of at least 4 members (excludes halogenated alkanes) is 1. The minimum atomic E-state index is -0.956. The van der Waals surface area contributed by atoms with Gasteiger partial charge in [-0.3, -0.25) is 4.79 Å². The van der Waals surface area contributed by atoms with Gasteiger partial charge in [0, 0.05) is 17.4 Å². The molecule has 19 heavy (non-hydrogen) atoms. The van der Waals surface area contributed by atoms with Gasteiger partial charge in [0.25, 0.3) is 0 Å². The summed E-state index contributed by atoms with van der Waals surface area (Å²) in [5.74, 6) is 0.0514. The Morgan fingerprint density at radius 3 is 2.63 bits per heavy atom. The first-order chi connectivity index (χ1) is 9.00. The van der Waals surface area contributed by atoms with E-state index in [4.69, 9.17) is 5.11 Å². The fourth-order valence-corrected chi connectivity index (χ4v) is 5.01. The highest BCUT2D eigenvalue weighted by Crippen LogP contribution is 2.39. The standard InChI is InChI=1S/C13H23NO3S2/c1-9(2)12(13(16)17)14-11(15)6-4-3-5-10-7-8-18-19-10/h9-10,12H,3-8H2,1-2H3,(H,14,15)(H,16,17)/t10-,12-/m0/s1. The number of nitrogens with one attached hydrogen (secondary N) is 1. The average Bonchev–Trinajstić information content (AvgIpc) is 2.84. The topological polar surface area (TPSA) is 66.4 Å². The van der Waals surface area contributed by atoms with Gasteiger partial charge in [-0.1, -0.05) is 41.9 Å². The minimum Gasteiger partial charge on any atom is -0.480 e. The molecule has 2 atom stereocenters. The number of carbonyl (C=O) groups is 2. The van der Waals surface area contributed by atoms with Crippen molar-refractivity contribution in [3.63, 3.8) is 0 Å². The monoisotopic (exact) mass is 305 g/mol. The predicted octanol–water partition coefficient (Wildman–Crippen LogP) is 2.93. The van der Waals surface area contributed by atoms with E-state index in [1.807, 2.05) is 21.6 Å². The van der Waals surface area contributed by atoms with E-state index in [1.54, 1.807) is 13.8 Å². The fourth-order valence-electron chi connectivity index (χ4n) is 1.98. The van der Waals surface area contributed by atoms with E-state index in [0.717, 1.165) is 24.5 Å². The van der Waals surface area contributed by atoms with E-state index in [9.17, 15) is 9.59 Å². The van der Waals surface area contributed by atoms with Gasteiger partial charge in [-0.15, -0.1) is 0 Å². The van der Waals surface area contributed by atoms with Crippen LogP contribution in [0, 0.1) is 5.92 Å². The second-order valence-electron chi connectivity index (χ2n) is 5.20. The van der Waals surface area contributed by atoms with Gasteiger partial charge in [0.15, 0.2) is 0 Å². The average molecular weight is 305 g/mol. The van der Waals surface area contributed by atoms with Crippen molar-refractivity contribution in [2.45, 2.75) is 57.2 Å². The van der Waals surface area contributed by atoms with E-state index >= 15 is 0 Å². The zero-order valence-corrected chi connectivity index (χ0v) is 13.2. The van der Waals surface area contributed by atoms with E-state index in [0.29, 0.717) is 6.42 Å². The molecule has 6 heteroatoms. The molecular formula is C13H23NO3S2. The molecule has 1 amide bonds. The second kappa shape index (κ2) is 8.74. The van der Waals surface area contributed by atoms with Gasteiger partial charge in [-0.2, -0.15) is 0 Å². The van der Waals surface area contributed by atoms with Crippen LogP contribution in [0.3, 0.4) is 0 Å². The molecular weight excluding hydrogens is 282 g/mol.